The summed E-state index contributed by atoms with van der Waals surface area (Å²) in [5, 5.41) is 0. The van der Waals surface area contributed by atoms with E-state index < -0.39 is 0 Å². The second kappa shape index (κ2) is 4.67. The van der Waals surface area contributed by atoms with E-state index in [1.54, 1.807) is 0 Å². The Morgan fingerprint density at radius 2 is 2.19 bits per heavy atom. The lowest BCUT2D eigenvalue weighted by molar-refractivity contribution is 0.111. The van der Waals surface area contributed by atoms with Gasteiger partial charge in [0.1, 0.15) is 0 Å². The molecule has 0 spiro atoms. The van der Waals surface area contributed by atoms with E-state index in [4.69, 9.17) is 15.2 Å². The molecule has 1 heterocycles. The molecule has 2 N–H and O–H groups in total. The number of carbonyl (C=O) groups is 1. The molecule has 16 heavy (non-hydrogen) atoms. The van der Waals surface area contributed by atoms with Crippen LogP contribution in [-0.4, -0.2) is 19.6 Å². The summed E-state index contributed by atoms with van der Waals surface area (Å²) in [6, 6.07) is 1.81. The van der Waals surface area contributed by atoms with Crippen LogP contribution in [-0.2, 0) is 0 Å². The van der Waals surface area contributed by atoms with Crippen LogP contribution in [0.2, 0.25) is 0 Å². The number of hydrogen-bond donors (Lipinski definition) is 1. The average molecular weight is 284 g/mol. The third kappa shape index (κ3) is 1.83. The molecule has 1 aliphatic heterocycles. The summed E-state index contributed by atoms with van der Waals surface area (Å²) >= 11 is 3.32. The summed E-state index contributed by atoms with van der Waals surface area (Å²) in [6.07, 6.45) is 4.39. The molecule has 4 nitrogen and oxygen atoms in total. The Hall–Kier alpha value is -1.33. The zero-order valence-corrected chi connectivity index (χ0v) is 9.99. The standard InChI is InChI=1S/C11H10BrNO3/c12-9-4-7(2-1-3-13)10-11(8(9)5-14)16-6-15-10/h1-2,4-5H,3,6,13H2/b2-1+. The van der Waals surface area contributed by atoms with Crippen LogP contribution in [0, 0.1) is 0 Å². The highest BCUT2D eigenvalue weighted by molar-refractivity contribution is 9.10. The third-order valence-corrected chi connectivity index (χ3v) is 2.87. The number of carbonyl (C=O) groups excluding carboxylic acids is 1. The van der Waals surface area contributed by atoms with Crippen molar-refractivity contribution >= 4 is 28.3 Å². The van der Waals surface area contributed by atoms with Crippen LogP contribution in [0.5, 0.6) is 11.5 Å². The Kier molecular flexibility index (Phi) is 3.26. The Bertz CT molecular complexity index is 457. The first-order valence-electron chi connectivity index (χ1n) is 4.71. The van der Waals surface area contributed by atoms with Crippen molar-refractivity contribution in [3.05, 3.63) is 27.7 Å². The lowest BCUT2D eigenvalue weighted by Gasteiger charge is -2.05. The first-order chi connectivity index (χ1) is 7.77. The molecule has 5 heteroatoms. The first kappa shape index (κ1) is 11.2. The Morgan fingerprint density at radius 3 is 2.88 bits per heavy atom. The minimum Gasteiger partial charge on any atom is -0.453 e. The van der Waals surface area contributed by atoms with Gasteiger partial charge in [0.05, 0.1) is 5.56 Å². The zero-order valence-electron chi connectivity index (χ0n) is 8.40. The van der Waals surface area contributed by atoms with Crippen LogP contribution in [0.1, 0.15) is 15.9 Å². The van der Waals surface area contributed by atoms with Crippen molar-refractivity contribution in [1.29, 1.82) is 0 Å². The van der Waals surface area contributed by atoms with Gasteiger partial charge in [-0.1, -0.05) is 12.2 Å². The van der Waals surface area contributed by atoms with Crippen LogP contribution in [0.15, 0.2) is 16.6 Å². The molecule has 0 aromatic heterocycles. The molecule has 2 rings (SSSR count). The molecule has 0 amide bonds. The molecular weight excluding hydrogens is 274 g/mol. The molecule has 0 saturated heterocycles. The predicted octanol–water partition coefficient (Wildman–Crippen LogP) is 1.96. The summed E-state index contributed by atoms with van der Waals surface area (Å²) in [6.45, 7) is 0.582. The van der Waals surface area contributed by atoms with Crippen molar-refractivity contribution in [2.45, 2.75) is 0 Å². The summed E-state index contributed by atoms with van der Waals surface area (Å²) < 4.78 is 11.3. The number of hydrogen-bond acceptors (Lipinski definition) is 4. The molecule has 1 aromatic rings. The number of fused-ring (bicyclic) bond motifs is 1. The average Bonchev–Trinajstić information content (AvgIpc) is 2.75. The van der Waals surface area contributed by atoms with Crippen LogP contribution in [0.25, 0.3) is 6.08 Å². The zero-order chi connectivity index (χ0) is 11.5. The lowest BCUT2D eigenvalue weighted by Crippen LogP contribution is -1.94. The predicted molar refractivity (Wildman–Crippen MR) is 63.7 cm³/mol. The third-order valence-electron chi connectivity index (χ3n) is 2.21. The van der Waals surface area contributed by atoms with Gasteiger partial charge in [-0.2, -0.15) is 0 Å². The van der Waals surface area contributed by atoms with Crippen LogP contribution in [0.4, 0.5) is 0 Å². The second-order valence-corrected chi connectivity index (χ2v) is 4.04. The van der Waals surface area contributed by atoms with Gasteiger partial charge in [0.15, 0.2) is 17.8 Å². The van der Waals surface area contributed by atoms with Crippen LogP contribution < -0.4 is 15.2 Å². The van der Waals surface area contributed by atoms with E-state index in [1.807, 2.05) is 18.2 Å². The molecule has 1 aromatic carbocycles. The Labute approximate surface area is 101 Å². The van der Waals surface area contributed by atoms with E-state index in [1.165, 1.54) is 0 Å². The van der Waals surface area contributed by atoms with Crippen molar-refractivity contribution in [3.8, 4) is 11.5 Å². The van der Waals surface area contributed by atoms with E-state index in [0.717, 1.165) is 11.8 Å². The van der Waals surface area contributed by atoms with Gasteiger partial charge in [0.2, 0.25) is 6.79 Å². The van der Waals surface area contributed by atoms with Gasteiger partial charge in [0, 0.05) is 16.6 Å². The van der Waals surface area contributed by atoms with Gasteiger partial charge in [-0.25, -0.2) is 0 Å². The van der Waals surface area contributed by atoms with E-state index in [9.17, 15) is 4.79 Å². The first-order valence-corrected chi connectivity index (χ1v) is 5.51. The van der Waals surface area contributed by atoms with E-state index >= 15 is 0 Å². The molecule has 0 saturated carbocycles. The van der Waals surface area contributed by atoms with Crippen molar-refractivity contribution < 1.29 is 14.3 Å². The number of aldehydes is 1. The molecule has 0 bridgehead atoms. The summed E-state index contributed by atoms with van der Waals surface area (Å²) in [4.78, 5) is 10.9. The van der Waals surface area contributed by atoms with Crippen molar-refractivity contribution in [1.82, 2.24) is 0 Å². The SMILES string of the molecule is NC/C=C/c1cc(Br)c(C=O)c2c1OCO2. The van der Waals surface area contributed by atoms with Crippen molar-refractivity contribution in [3.63, 3.8) is 0 Å². The molecule has 0 atom stereocenters. The highest BCUT2D eigenvalue weighted by Crippen LogP contribution is 2.42. The van der Waals surface area contributed by atoms with E-state index in [-0.39, 0.29) is 6.79 Å². The highest BCUT2D eigenvalue weighted by atomic mass is 79.9. The molecule has 0 aliphatic carbocycles. The number of ether oxygens (including phenoxy) is 2. The smallest absolute Gasteiger partial charge is 0.231 e. The largest absolute Gasteiger partial charge is 0.453 e. The molecule has 0 radical (unpaired) electrons. The van der Waals surface area contributed by atoms with Gasteiger partial charge >= 0.3 is 0 Å². The van der Waals surface area contributed by atoms with Gasteiger partial charge in [-0.05, 0) is 22.0 Å². The highest BCUT2D eigenvalue weighted by Gasteiger charge is 2.23. The topological polar surface area (TPSA) is 61.6 Å². The van der Waals surface area contributed by atoms with Crippen molar-refractivity contribution in [2.24, 2.45) is 5.73 Å². The summed E-state index contributed by atoms with van der Waals surface area (Å²) in [5.41, 5.74) is 6.70. The monoisotopic (exact) mass is 283 g/mol. The maximum absolute atomic E-state index is 10.9. The fourth-order valence-corrected chi connectivity index (χ4v) is 2.03. The van der Waals surface area contributed by atoms with Gasteiger partial charge < -0.3 is 15.2 Å². The van der Waals surface area contributed by atoms with Gasteiger partial charge in [-0.15, -0.1) is 0 Å². The normalized spacial score (nSPS) is 13.4. The van der Waals surface area contributed by atoms with Gasteiger partial charge in [0.25, 0.3) is 0 Å². The maximum Gasteiger partial charge on any atom is 0.231 e. The summed E-state index contributed by atoms with van der Waals surface area (Å²) in [7, 11) is 0. The van der Waals surface area contributed by atoms with E-state index in [0.29, 0.717) is 28.1 Å². The number of benzene rings is 1. The molecule has 1 aliphatic rings. The molecule has 0 unspecified atom stereocenters. The fraction of sp³-hybridized carbons (Fsp3) is 0.182. The minimum absolute atomic E-state index is 0.135. The molecule has 0 fully saturated rings. The Morgan fingerprint density at radius 1 is 1.44 bits per heavy atom. The fourth-order valence-electron chi connectivity index (χ4n) is 1.51. The van der Waals surface area contributed by atoms with Crippen LogP contribution >= 0.6 is 15.9 Å². The molecule has 84 valence electrons. The number of rotatable bonds is 3. The number of nitrogens with two attached hydrogens (primary N) is 1. The van der Waals surface area contributed by atoms with E-state index in [2.05, 4.69) is 15.9 Å². The molecular formula is C11H10BrNO3. The van der Waals surface area contributed by atoms with Crippen molar-refractivity contribution in [2.75, 3.05) is 13.3 Å². The second-order valence-electron chi connectivity index (χ2n) is 3.18. The lowest BCUT2D eigenvalue weighted by atomic mass is 10.1. The Balaban J connectivity index is 2.57. The maximum atomic E-state index is 10.9. The summed E-state index contributed by atoms with van der Waals surface area (Å²) in [5.74, 6) is 1.08. The quantitative estimate of drug-likeness (QED) is 0.862. The minimum atomic E-state index is 0.135. The van der Waals surface area contributed by atoms with Crippen LogP contribution in [0.3, 0.4) is 0 Å². The number of halogens is 1. The van der Waals surface area contributed by atoms with Gasteiger partial charge in [-0.3, -0.25) is 4.79 Å².